The number of pyridine rings is 2. The molecule has 0 aliphatic heterocycles. The molecular formula is C17H16FN5O. The molecule has 0 bridgehead atoms. The second-order valence-electron chi connectivity index (χ2n) is 5.37. The number of nitrogens with zero attached hydrogens (tertiary/aromatic N) is 3. The van der Waals surface area contributed by atoms with E-state index in [1.54, 1.807) is 30.5 Å². The van der Waals surface area contributed by atoms with E-state index in [4.69, 9.17) is 0 Å². The molecule has 0 saturated heterocycles. The smallest absolute Gasteiger partial charge is 0.287 e. The van der Waals surface area contributed by atoms with E-state index < -0.39 is 0 Å². The van der Waals surface area contributed by atoms with Crippen LogP contribution in [-0.4, -0.2) is 31.9 Å². The zero-order valence-corrected chi connectivity index (χ0v) is 13.0. The zero-order chi connectivity index (χ0) is 16.9. The van der Waals surface area contributed by atoms with Crippen LogP contribution in [0.4, 0.5) is 4.39 Å². The van der Waals surface area contributed by atoms with Crippen molar-refractivity contribution >= 4 is 23.1 Å². The molecule has 0 spiro atoms. The topological polar surface area (TPSA) is 83.6 Å². The summed E-state index contributed by atoms with van der Waals surface area (Å²) in [6, 6.07) is 4.75. The summed E-state index contributed by atoms with van der Waals surface area (Å²) in [6.07, 6.45) is 8.48. The minimum absolute atomic E-state index is 0.130. The maximum atomic E-state index is 13.5. The number of aromatic nitrogens is 4. The van der Waals surface area contributed by atoms with Crippen LogP contribution in [0.3, 0.4) is 0 Å². The fraction of sp³-hybridized carbons (Fsp3) is 0.176. The third-order valence-electron chi connectivity index (χ3n) is 3.43. The lowest BCUT2D eigenvalue weighted by Crippen LogP contribution is -2.32. The van der Waals surface area contributed by atoms with Crippen molar-refractivity contribution in [2.45, 2.75) is 19.4 Å². The summed E-state index contributed by atoms with van der Waals surface area (Å²) in [4.78, 5) is 27.2. The second-order valence-corrected chi connectivity index (χ2v) is 5.37. The molecule has 0 aliphatic rings. The lowest BCUT2D eigenvalue weighted by Gasteiger charge is -2.10. The number of nitrogens with one attached hydrogen (secondary N) is 2. The number of fused-ring (bicyclic) bond motifs is 1. The molecule has 3 rings (SSSR count). The van der Waals surface area contributed by atoms with Crippen molar-refractivity contribution in [1.82, 2.24) is 25.3 Å². The number of aromatic amines is 1. The number of H-pyrrole nitrogens is 1. The van der Waals surface area contributed by atoms with Gasteiger partial charge in [-0.15, -0.1) is 0 Å². The number of halogens is 1. The number of rotatable bonds is 5. The van der Waals surface area contributed by atoms with Gasteiger partial charge in [0.1, 0.15) is 5.82 Å². The fourth-order valence-electron chi connectivity index (χ4n) is 2.22. The van der Waals surface area contributed by atoms with E-state index in [0.29, 0.717) is 23.1 Å². The first-order valence-corrected chi connectivity index (χ1v) is 7.51. The number of imidazole rings is 1. The maximum Gasteiger partial charge on any atom is 0.287 e. The molecule has 6 nitrogen and oxygen atoms in total. The van der Waals surface area contributed by atoms with Gasteiger partial charge in [0.15, 0.2) is 11.5 Å². The van der Waals surface area contributed by atoms with Crippen LogP contribution >= 0.6 is 0 Å². The monoisotopic (exact) mass is 325 g/mol. The molecule has 1 amide bonds. The van der Waals surface area contributed by atoms with Gasteiger partial charge in [-0.3, -0.25) is 9.78 Å². The first kappa shape index (κ1) is 15.8. The quantitative estimate of drug-likeness (QED) is 0.755. The largest absolute Gasteiger partial charge is 0.347 e. The number of hydrogen-bond acceptors (Lipinski definition) is 4. The summed E-state index contributed by atoms with van der Waals surface area (Å²) in [6.45, 7) is 1.86. The molecule has 0 aliphatic carbocycles. The van der Waals surface area contributed by atoms with Gasteiger partial charge < -0.3 is 10.3 Å². The Hall–Kier alpha value is -3.09. The zero-order valence-electron chi connectivity index (χ0n) is 13.0. The number of carbonyl (C=O) groups is 1. The molecule has 2 N–H and O–H groups in total. The number of amides is 1. The van der Waals surface area contributed by atoms with E-state index in [9.17, 15) is 9.18 Å². The minimum atomic E-state index is -0.326. The van der Waals surface area contributed by atoms with Crippen LogP contribution in [0.15, 0.2) is 42.9 Å². The number of hydrogen-bond donors (Lipinski definition) is 2. The highest BCUT2D eigenvalue weighted by Crippen LogP contribution is 2.09. The highest BCUT2D eigenvalue weighted by atomic mass is 19.1. The highest BCUT2D eigenvalue weighted by molar-refractivity contribution is 5.93. The molecule has 0 saturated carbocycles. The summed E-state index contributed by atoms with van der Waals surface area (Å²) in [5.74, 6) is -0.410. The van der Waals surface area contributed by atoms with Crippen LogP contribution in [0, 0.1) is 5.82 Å². The van der Waals surface area contributed by atoms with Gasteiger partial charge in [-0.25, -0.2) is 14.4 Å². The molecule has 0 unspecified atom stereocenters. The Morgan fingerprint density at radius 3 is 3.08 bits per heavy atom. The van der Waals surface area contributed by atoms with E-state index in [0.717, 1.165) is 0 Å². The minimum Gasteiger partial charge on any atom is -0.347 e. The average Bonchev–Trinajstić information content (AvgIpc) is 3.01. The third-order valence-corrected chi connectivity index (χ3v) is 3.43. The predicted molar refractivity (Wildman–Crippen MR) is 88.7 cm³/mol. The molecule has 0 fully saturated rings. The Labute approximate surface area is 137 Å². The van der Waals surface area contributed by atoms with Crippen LogP contribution in [0.5, 0.6) is 0 Å². The lowest BCUT2D eigenvalue weighted by atomic mass is 10.2. The molecule has 0 radical (unpaired) electrons. The van der Waals surface area contributed by atoms with Crippen LogP contribution in [0.1, 0.15) is 29.5 Å². The standard InChI is InChI=1S/C17H16FN5O/c1-11(4-2-5-12-10-19-9-7-13(12)18)21-17(24)16-22-14-6-3-8-20-15(14)23-16/h2-3,5-11H,4H2,1H3,(H,21,24)(H,20,22,23)/b5-2+/t11-/m0/s1. The highest BCUT2D eigenvalue weighted by Gasteiger charge is 2.13. The van der Waals surface area contributed by atoms with Gasteiger partial charge in [-0.2, -0.15) is 0 Å². The molecule has 3 aromatic heterocycles. The summed E-state index contributed by atoms with van der Waals surface area (Å²) < 4.78 is 13.5. The van der Waals surface area contributed by atoms with Crippen LogP contribution in [-0.2, 0) is 0 Å². The second kappa shape index (κ2) is 6.99. The molecule has 0 aromatic carbocycles. The Balaban J connectivity index is 1.59. The van der Waals surface area contributed by atoms with E-state index in [1.165, 1.54) is 18.5 Å². The van der Waals surface area contributed by atoms with Crippen LogP contribution in [0.25, 0.3) is 17.2 Å². The fourth-order valence-corrected chi connectivity index (χ4v) is 2.22. The van der Waals surface area contributed by atoms with E-state index >= 15 is 0 Å². The van der Waals surface area contributed by atoms with E-state index in [1.807, 2.05) is 6.92 Å². The van der Waals surface area contributed by atoms with Crippen LogP contribution < -0.4 is 5.32 Å². The lowest BCUT2D eigenvalue weighted by molar-refractivity contribution is 0.0931. The van der Waals surface area contributed by atoms with Crippen molar-refractivity contribution in [3.05, 3.63) is 60.1 Å². The Kier molecular flexibility index (Phi) is 4.60. The van der Waals surface area contributed by atoms with E-state index in [-0.39, 0.29) is 23.6 Å². The molecule has 3 heterocycles. The van der Waals surface area contributed by atoms with Gasteiger partial charge in [0.2, 0.25) is 0 Å². The van der Waals surface area contributed by atoms with Gasteiger partial charge in [0.25, 0.3) is 5.91 Å². The summed E-state index contributed by atoms with van der Waals surface area (Å²) in [5.41, 5.74) is 1.63. The van der Waals surface area contributed by atoms with Crippen molar-refractivity contribution in [3.8, 4) is 0 Å². The Morgan fingerprint density at radius 2 is 2.29 bits per heavy atom. The van der Waals surface area contributed by atoms with Crippen molar-refractivity contribution < 1.29 is 9.18 Å². The van der Waals surface area contributed by atoms with Crippen LogP contribution in [0.2, 0.25) is 0 Å². The third kappa shape index (κ3) is 3.62. The molecule has 7 heteroatoms. The molecule has 1 atom stereocenters. The first-order valence-electron chi connectivity index (χ1n) is 7.51. The van der Waals surface area contributed by atoms with Gasteiger partial charge >= 0.3 is 0 Å². The van der Waals surface area contributed by atoms with Crippen molar-refractivity contribution in [2.24, 2.45) is 0 Å². The first-order chi connectivity index (χ1) is 11.6. The van der Waals surface area contributed by atoms with Gasteiger partial charge in [-0.1, -0.05) is 12.2 Å². The van der Waals surface area contributed by atoms with Crippen molar-refractivity contribution in [1.29, 1.82) is 0 Å². The molecule has 3 aromatic rings. The Bertz CT molecular complexity index is 856. The van der Waals surface area contributed by atoms with Crippen molar-refractivity contribution in [3.63, 3.8) is 0 Å². The average molecular weight is 325 g/mol. The van der Waals surface area contributed by atoms with Gasteiger partial charge in [-0.05, 0) is 31.5 Å². The van der Waals surface area contributed by atoms with Gasteiger partial charge in [0, 0.05) is 30.2 Å². The molecular weight excluding hydrogens is 309 g/mol. The van der Waals surface area contributed by atoms with Crippen molar-refractivity contribution in [2.75, 3.05) is 0 Å². The summed E-state index contributed by atoms with van der Waals surface area (Å²) >= 11 is 0. The summed E-state index contributed by atoms with van der Waals surface area (Å²) in [7, 11) is 0. The SMILES string of the molecule is C[C@@H](C/C=C/c1cnccc1F)NC(=O)c1nc2ncccc2[nH]1. The molecule has 24 heavy (non-hydrogen) atoms. The van der Waals surface area contributed by atoms with E-state index in [2.05, 4.69) is 25.3 Å². The Morgan fingerprint density at radius 1 is 1.42 bits per heavy atom. The number of carbonyl (C=O) groups excluding carboxylic acids is 1. The maximum absolute atomic E-state index is 13.5. The summed E-state index contributed by atoms with van der Waals surface area (Å²) in [5, 5.41) is 2.84. The predicted octanol–water partition coefficient (Wildman–Crippen LogP) is 2.71. The molecule has 122 valence electrons. The normalized spacial score (nSPS) is 12.6. The van der Waals surface area contributed by atoms with Gasteiger partial charge in [0.05, 0.1) is 5.52 Å².